The van der Waals surface area contributed by atoms with Crippen molar-refractivity contribution in [1.82, 2.24) is 9.38 Å². The maximum atomic E-state index is 12.9. The van der Waals surface area contributed by atoms with Crippen LogP contribution in [0, 0.1) is 18.3 Å². The fourth-order valence-corrected chi connectivity index (χ4v) is 2.18. The molecule has 0 N–H and O–H groups in total. The lowest BCUT2D eigenvalue weighted by molar-refractivity contribution is -0.137. The molecule has 2 aromatic heterocycles. The maximum Gasteiger partial charge on any atom is 0.417 e. The summed E-state index contributed by atoms with van der Waals surface area (Å²) >= 11 is 0. The van der Waals surface area contributed by atoms with Crippen LogP contribution in [-0.4, -0.2) is 9.38 Å². The van der Waals surface area contributed by atoms with Crippen LogP contribution in [0.25, 0.3) is 5.65 Å². The van der Waals surface area contributed by atoms with Gasteiger partial charge in [-0.3, -0.25) is 4.40 Å². The summed E-state index contributed by atoms with van der Waals surface area (Å²) in [5, 5.41) is 16.9. The number of imidazole rings is 1. The highest BCUT2D eigenvalue weighted by Crippen LogP contribution is 2.31. The van der Waals surface area contributed by atoms with Crippen molar-refractivity contribution in [3.8, 4) is 6.07 Å². The number of alkyl halides is 3. The van der Waals surface area contributed by atoms with Crippen molar-refractivity contribution in [2.75, 3.05) is 0 Å². The Morgan fingerprint density at radius 1 is 1.17 bits per heavy atom. The first-order valence-corrected chi connectivity index (χ1v) is 6.86. The number of azo groups is 1. The van der Waals surface area contributed by atoms with Crippen molar-refractivity contribution in [2.24, 2.45) is 10.2 Å². The topological polar surface area (TPSA) is 65.8 Å². The number of fused-ring (bicyclic) bond motifs is 1. The highest BCUT2D eigenvalue weighted by molar-refractivity contribution is 5.53. The fraction of sp³-hybridized carbons (Fsp3) is 0.125. The van der Waals surface area contributed by atoms with E-state index in [0.29, 0.717) is 22.6 Å². The van der Waals surface area contributed by atoms with Crippen LogP contribution in [0.5, 0.6) is 0 Å². The van der Waals surface area contributed by atoms with Gasteiger partial charge in [0.2, 0.25) is 0 Å². The average molecular weight is 329 g/mol. The van der Waals surface area contributed by atoms with Crippen molar-refractivity contribution >= 4 is 17.2 Å². The quantitative estimate of drug-likeness (QED) is 0.624. The van der Waals surface area contributed by atoms with Crippen molar-refractivity contribution in [3.63, 3.8) is 0 Å². The van der Waals surface area contributed by atoms with Gasteiger partial charge in [-0.15, -0.1) is 10.2 Å². The lowest BCUT2D eigenvalue weighted by Crippen LogP contribution is -2.06. The van der Waals surface area contributed by atoms with E-state index in [-0.39, 0.29) is 5.82 Å². The fourth-order valence-electron chi connectivity index (χ4n) is 2.18. The van der Waals surface area contributed by atoms with E-state index < -0.39 is 11.7 Å². The van der Waals surface area contributed by atoms with Crippen LogP contribution in [0.15, 0.2) is 52.8 Å². The van der Waals surface area contributed by atoms with E-state index in [2.05, 4.69) is 15.2 Å². The molecule has 2 heterocycles. The summed E-state index contributed by atoms with van der Waals surface area (Å²) in [5.41, 5.74) is 0.848. The molecule has 0 aliphatic rings. The lowest BCUT2D eigenvalue weighted by atomic mass is 10.2. The van der Waals surface area contributed by atoms with Crippen LogP contribution in [0.3, 0.4) is 0 Å². The van der Waals surface area contributed by atoms with Crippen molar-refractivity contribution in [1.29, 1.82) is 5.26 Å². The van der Waals surface area contributed by atoms with Crippen molar-refractivity contribution in [2.45, 2.75) is 13.1 Å². The first-order valence-electron chi connectivity index (χ1n) is 6.86. The molecule has 3 aromatic rings. The summed E-state index contributed by atoms with van der Waals surface area (Å²) in [4.78, 5) is 4.17. The second-order valence-electron chi connectivity index (χ2n) is 5.03. The number of pyridine rings is 1. The van der Waals surface area contributed by atoms with E-state index >= 15 is 0 Å². The molecule has 0 aliphatic carbocycles. The van der Waals surface area contributed by atoms with E-state index in [0.717, 1.165) is 12.3 Å². The largest absolute Gasteiger partial charge is 0.417 e. The minimum absolute atomic E-state index is 0.207. The third kappa shape index (κ3) is 2.96. The number of aryl methyl sites for hydroxylation is 1. The molecule has 120 valence electrons. The minimum Gasteiger partial charge on any atom is -0.282 e. The zero-order chi connectivity index (χ0) is 17.3. The molecule has 0 saturated heterocycles. The minimum atomic E-state index is -4.46. The summed E-state index contributed by atoms with van der Waals surface area (Å²) in [6.07, 6.45) is -3.52. The Hall–Kier alpha value is -3.21. The number of benzene rings is 1. The Labute approximate surface area is 134 Å². The van der Waals surface area contributed by atoms with Crippen LogP contribution in [0.4, 0.5) is 24.7 Å². The van der Waals surface area contributed by atoms with E-state index in [4.69, 9.17) is 5.26 Å². The lowest BCUT2D eigenvalue weighted by Gasteiger charge is -2.06. The molecule has 0 fully saturated rings. The maximum absolute atomic E-state index is 12.9. The van der Waals surface area contributed by atoms with Gasteiger partial charge >= 0.3 is 6.18 Å². The number of rotatable bonds is 2. The Bertz CT molecular complexity index is 980. The second-order valence-corrected chi connectivity index (χ2v) is 5.03. The molecule has 0 saturated carbocycles. The SMILES string of the molecule is Cc1nc2ccc(C(F)(F)F)cn2c1N=Nc1cccc(C#N)c1. The van der Waals surface area contributed by atoms with Gasteiger partial charge in [0.25, 0.3) is 0 Å². The molecule has 0 amide bonds. The highest BCUT2D eigenvalue weighted by Gasteiger charge is 2.31. The third-order valence-electron chi connectivity index (χ3n) is 3.32. The molecule has 0 atom stereocenters. The van der Waals surface area contributed by atoms with Gasteiger partial charge in [0.05, 0.1) is 28.6 Å². The van der Waals surface area contributed by atoms with Crippen molar-refractivity contribution in [3.05, 3.63) is 59.4 Å². The van der Waals surface area contributed by atoms with Gasteiger partial charge in [-0.05, 0) is 37.3 Å². The summed E-state index contributed by atoms with van der Waals surface area (Å²) in [6.45, 7) is 1.64. The monoisotopic (exact) mass is 329 g/mol. The van der Waals surface area contributed by atoms with Crippen LogP contribution in [-0.2, 0) is 6.18 Å². The number of aromatic nitrogens is 2. The van der Waals surface area contributed by atoms with Crippen LogP contribution >= 0.6 is 0 Å². The van der Waals surface area contributed by atoms with Gasteiger partial charge in [-0.1, -0.05) is 6.07 Å². The molecule has 1 aromatic carbocycles. The van der Waals surface area contributed by atoms with Gasteiger partial charge in [-0.2, -0.15) is 18.4 Å². The number of hydrogen-bond acceptors (Lipinski definition) is 4. The summed E-state index contributed by atoms with van der Waals surface area (Å²) in [6, 6.07) is 10.7. The third-order valence-corrected chi connectivity index (χ3v) is 3.32. The molecule has 24 heavy (non-hydrogen) atoms. The average Bonchev–Trinajstić information content (AvgIpc) is 2.86. The molecule has 0 radical (unpaired) electrons. The number of hydrogen-bond donors (Lipinski definition) is 0. The van der Waals surface area contributed by atoms with E-state index in [9.17, 15) is 13.2 Å². The Balaban J connectivity index is 2.06. The number of halogens is 3. The van der Waals surface area contributed by atoms with Crippen LogP contribution in [0.2, 0.25) is 0 Å². The molecule has 0 unspecified atom stereocenters. The number of nitrogens with zero attached hydrogens (tertiary/aromatic N) is 5. The first-order chi connectivity index (χ1) is 11.4. The van der Waals surface area contributed by atoms with E-state index in [1.807, 2.05) is 6.07 Å². The zero-order valence-electron chi connectivity index (χ0n) is 12.4. The first kappa shape index (κ1) is 15.7. The molecule has 0 aliphatic heterocycles. The van der Waals surface area contributed by atoms with E-state index in [1.165, 1.54) is 16.5 Å². The predicted octanol–water partition coefficient (Wildman–Crippen LogP) is 4.95. The summed E-state index contributed by atoms with van der Waals surface area (Å²) in [5.74, 6) is 0.207. The molecule has 0 bridgehead atoms. The Morgan fingerprint density at radius 3 is 2.67 bits per heavy atom. The smallest absolute Gasteiger partial charge is 0.282 e. The zero-order valence-corrected chi connectivity index (χ0v) is 12.4. The molecular formula is C16H10F3N5. The van der Waals surface area contributed by atoms with Crippen LogP contribution in [0.1, 0.15) is 16.8 Å². The van der Waals surface area contributed by atoms with Crippen LogP contribution < -0.4 is 0 Å². The van der Waals surface area contributed by atoms with Gasteiger partial charge in [0, 0.05) is 6.20 Å². The van der Waals surface area contributed by atoms with Gasteiger partial charge in [-0.25, -0.2) is 4.98 Å². The van der Waals surface area contributed by atoms with Gasteiger partial charge < -0.3 is 0 Å². The Kier molecular flexibility index (Phi) is 3.77. The summed E-state index contributed by atoms with van der Waals surface area (Å²) in [7, 11) is 0. The van der Waals surface area contributed by atoms with Gasteiger partial charge in [0.1, 0.15) is 5.65 Å². The second kappa shape index (κ2) is 5.77. The van der Waals surface area contributed by atoms with E-state index in [1.54, 1.807) is 25.1 Å². The van der Waals surface area contributed by atoms with Crippen molar-refractivity contribution < 1.29 is 13.2 Å². The van der Waals surface area contributed by atoms with Gasteiger partial charge in [0.15, 0.2) is 5.82 Å². The standard InChI is InChI=1S/C16H10F3N5/c1-10-15(23-22-13-4-2-3-11(7-13)8-20)24-9-12(16(17,18)19)5-6-14(24)21-10/h2-7,9H,1H3. The molecule has 8 heteroatoms. The molecule has 0 spiro atoms. The molecule has 3 rings (SSSR count). The normalized spacial score (nSPS) is 12.0. The summed E-state index contributed by atoms with van der Waals surface area (Å²) < 4.78 is 39.9. The molecular weight excluding hydrogens is 319 g/mol. The Morgan fingerprint density at radius 2 is 1.96 bits per heavy atom. The predicted molar refractivity (Wildman–Crippen MR) is 80.3 cm³/mol. The highest BCUT2D eigenvalue weighted by atomic mass is 19.4. The molecule has 5 nitrogen and oxygen atoms in total. The number of nitriles is 1.